The number of anilines is 2. The van der Waals surface area contributed by atoms with Gasteiger partial charge >= 0.3 is 0 Å². The minimum absolute atomic E-state index is 0.0915. The molecule has 0 radical (unpaired) electrons. The first kappa shape index (κ1) is 19.5. The summed E-state index contributed by atoms with van der Waals surface area (Å²) in [6.45, 7) is 3.71. The lowest BCUT2D eigenvalue weighted by Crippen LogP contribution is -2.49. The van der Waals surface area contributed by atoms with Gasteiger partial charge in [0, 0.05) is 43.1 Å². The van der Waals surface area contributed by atoms with Crippen LogP contribution >= 0.6 is 0 Å². The third kappa shape index (κ3) is 4.94. The van der Waals surface area contributed by atoms with E-state index in [0.717, 1.165) is 5.69 Å². The van der Waals surface area contributed by atoms with Crippen molar-refractivity contribution in [3.63, 3.8) is 0 Å². The third-order valence-corrected chi connectivity index (χ3v) is 4.69. The van der Waals surface area contributed by atoms with Crippen molar-refractivity contribution in [3.05, 3.63) is 59.9 Å². The second-order valence-electron chi connectivity index (χ2n) is 6.71. The minimum atomic E-state index is -0.410. The fraction of sp³-hybridized carbons (Fsp3) is 0.286. The first-order valence-corrected chi connectivity index (χ1v) is 9.11. The molecule has 6 nitrogen and oxygen atoms in total. The maximum Gasteiger partial charge on any atom is 0.233 e. The molecule has 1 aliphatic heterocycles. The molecule has 1 N–H and O–H groups in total. The highest BCUT2D eigenvalue weighted by Crippen LogP contribution is 2.17. The van der Waals surface area contributed by atoms with E-state index < -0.39 is 5.91 Å². The number of Topliss-reactive ketones (excluding diaryl/α,β-unsaturated/α-hetero) is 1. The fourth-order valence-electron chi connectivity index (χ4n) is 3.14. The van der Waals surface area contributed by atoms with Crippen LogP contribution in [-0.4, -0.2) is 48.7 Å². The molecule has 28 heavy (non-hydrogen) atoms. The fourth-order valence-corrected chi connectivity index (χ4v) is 3.14. The van der Waals surface area contributed by atoms with E-state index in [2.05, 4.69) is 10.2 Å². The molecule has 0 bridgehead atoms. The summed E-state index contributed by atoms with van der Waals surface area (Å²) >= 11 is 0. The van der Waals surface area contributed by atoms with E-state index in [1.165, 1.54) is 19.1 Å². The summed E-state index contributed by atoms with van der Waals surface area (Å²) in [5.74, 6) is -1.02. The van der Waals surface area contributed by atoms with Gasteiger partial charge in [0.2, 0.25) is 11.8 Å². The van der Waals surface area contributed by atoms with Crippen LogP contribution < -0.4 is 10.2 Å². The number of rotatable bonds is 5. The van der Waals surface area contributed by atoms with Gasteiger partial charge in [0.1, 0.15) is 12.2 Å². The monoisotopic (exact) mass is 383 g/mol. The molecule has 0 atom stereocenters. The SMILES string of the molecule is CC(=O)c1cccc(NC(=O)CC(=O)N2CCN(c3ccc(F)cc3)CC2)c1. The van der Waals surface area contributed by atoms with Crippen molar-refractivity contribution < 1.29 is 18.8 Å². The summed E-state index contributed by atoms with van der Waals surface area (Å²) in [4.78, 5) is 39.7. The minimum Gasteiger partial charge on any atom is -0.368 e. The normalized spacial score (nSPS) is 13.9. The maximum atomic E-state index is 13.0. The van der Waals surface area contributed by atoms with Gasteiger partial charge in [-0.25, -0.2) is 4.39 Å². The molecule has 7 heteroatoms. The second kappa shape index (κ2) is 8.65. The zero-order valence-electron chi connectivity index (χ0n) is 15.7. The third-order valence-electron chi connectivity index (χ3n) is 4.69. The van der Waals surface area contributed by atoms with Crippen molar-refractivity contribution in [2.75, 3.05) is 36.4 Å². The Hall–Kier alpha value is -3.22. The van der Waals surface area contributed by atoms with Gasteiger partial charge in [0.15, 0.2) is 5.78 Å². The van der Waals surface area contributed by atoms with Crippen molar-refractivity contribution in [1.82, 2.24) is 4.90 Å². The summed E-state index contributed by atoms with van der Waals surface area (Å²) in [5, 5.41) is 2.66. The number of benzene rings is 2. The topological polar surface area (TPSA) is 69.7 Å². The number of nitrogens with zero attached hydrogens (tertiary/aromatic N) is 2. The lowest BCUT2D eigenvalue weighted by molar-refractivity contribution is -0.134. The average Bonchev–Trinajstić information content (AvgIpc) is 2.68. The van der Waals surface area contributed by atoms with E-state index in [0.29, 0.717) is 37.4 Å². The molecule has 2 amide bonds. The first-order chi connectivity index (χ1) is 13.4. The Morgan fingerprint density at radius 2 is 1.68 bits per heavy atom. The van der Waals surface area contributed by atoms with Gasteiger partial charge in [0.05, 0.1) is 0 Å². The zero-order valence-corrected chi connectivity index (χ0v) is 15.7. The summed E-state index contributed by atoms with van der Waals surface area (Å²) in [5.41, 5.74) is 1.91. The standard InChI is InChI=1S/C21H22FN3O3/c1-15(26)16-3-2-4-18(13-16)23-20(27)14-21(28)25-11-9-24(10-12-25)19-7-5-17(22)6-8-19/h2-8,13H,9-12,14H2,1H3,(H,23,27). The molecule has 0 aromatic heterocycles. The van der Waals surface area contributed by atoms with Gasteiger partial charge in [-0.3, -0.25) is 14.4 Å². The van der Waals surface area contributed by atoms with Crippen LogP contribution in [0.5, 0.6) is 0 Å². The van der Waals surface area contributed by atoms with Gasteiger partial charge in [-0.15, -0.1) is 0 Å². The number of hydrogen-bond donors (Lipinski definition) is 1. The molecule has 3 rings (SSSR count). The Morgan fingerprint density at radius 3 is 2.32 bits per heavy atom. The maximum absolute atomic E-state index is 13.0. The van der Waals surface area contributed by atoms with Gasteiger partial charge in [-0.2, -0.15) is 0 Å². The number of carbonyl (C=O) groups excluding carboxylic acids is 3. The van der Waals surface area contributed by atoms with Crippen LogP contribution in [-0.2, 0) is 9.59 Å². The predicted octanol–water partition coefficient (Wildman–Crippen LogP) is 2.71. The molecule has 0 unspecified atom stereocenters. The number of nitrogens with one attached hydrogen (secondary N) is 1. The molecule has 1 aliphatic rings. The van der Waals surface area contributed by atoms with E-state index in [1.54, 1.807) is 41.3 Å². The number of carbonyl (C=O) groups is 3. The van der Waals surface area contributed by atoms with Crippen molar-refractivity contribution in [2.45, 2.75) is 13.3 Å². The highest BCUT2D eigenvalue weighted by molar-refractivity contribution is 6.04. The average molecular weight is 383 g/mol. The molecule has 2 aromatic rings. The van der Waals surface area contributed by atoms with Crippen LogP contribution in [0, 0.1) is 5.82 Å². The number of hydrogen-bond acceptors (Lipinski definition) is 4. The van der Waals surface area contributed by atoms with Crippen LogP contribution in [0.25, 0.3) is 0 Å². The Kier molecular flexibility index (Phi) is 6.03. The van der Waals surface area contributed by atoms with Crippen LogP contribution in [0.2, 0.25) is 0 Å². The van der Waals surface area contributed by atoms with E-state index >= 15 is 0 Å². The molecule has 2 aromatic carbocycles. The van der Waals surface area contributed by atoms with Gasteiger partial charge < -0.3 is 15.1 Å². The lowest BCUT2D eigenvalue weighted by atomic mass is 10.1. The van der Waals surface area contributed by atoms with Crippen molar-refractivity contribution in [3.8, 4) is 0 Å². The zero-order chi connectivity index (χ0) is 20.1. The Balaban J connectivity index is 1.50. The molecular weight excluding hydrogens is 361 g/mol. The highest BCUT2D eigenvalue weighted by Gasteiger charge is 2.23. The van der Waals surface area contributed by atoms with Gasteiger partial charge in [0.25, 0.3) is 0 Å². The van der Waals surface area contributed by atoms with Crippen molar-refractivity contribution in [2.24, 2.45) is 0 Å². The summed E-state index contributed by atoms with van der Waals surface area (Å²) in [6.07, 6.45) is -0.249. The van der Waals surface area contributed by atoms with Crippen molar-refractivity contribution >= 4 is 29.0 Å². The smallest absolute Gasteiger partial charge is 0.233 e. The first-order valence-electron chi connectivity index (χ1n) is 9.11. The van der Waals surface area contributed by atoms with E-state index in [9.17, 15) is 18.8 Å². The van der Waals surface area contributed by atoms with Crippen LogP contribution in [0.3, 0.4) is 0 Å². The van der Waals surface area contributed by atoms with E-state index in [4.69, 9.17) is 0 Å². The molecule has 0 spiro atoms. The quantitative estimate of drug-likeness (QED) is 0.637. The molecule has 1 heterocycles. The van der Waals surface area contributed by atoms with Gasteiger partial charge in [-0.1, -0.05) is 12.1 Å². The number of piperazine rings is 1. The molecule has 146 valence electrons. The van der Waals surface area contributed by atoms with Crippen LogP contribution in [0.4, 0.5) is 15.8 Å². The molecule has 0 aliphatic carbocycles. The van der Waals surface area contributed by atoms with Crippen LogP contribution in [0.1, 0.15) is 23.7 Å². The van der Waals surface area contributed by atoms with Crippen LogP contribution in [0.15, 0.2) is 48.5 Å². The Morgan fingerprint density at radius 1 is 1.00 bits per heavy atom. The summed E-state index contributed by atoms with van der Waals surface area (Å²) < 4.78 is 13.0. The summed E-state index contributed by atoms with van der Waals surface area (Å²) in [6, 6.07) is 12.9. The molecule has 0 saturated carbocycles. The van der Waals surface area contributed by atoms with E-state index in [-0.39, 0.29) is 23.9 Å². The number of ketones is 1. The Labute approximate surface area is 162 Å². The van der Waals surface area contributed by atoms with E-state index in [1.807, 2.05) is 0 Å². The highest BCUT2D eigenvalue weighted by atomic mass is 19.1. The predicted molar refractivity (Wildman–Crippen MR) is 105 cm³/mol. The largest absolute Gasteiger partial charge is 0.368 e. The number of amides is 2. The molecule has 1 fully saturated rings. The molecule has 1 saturated heterocycles. The summed E-state index contributed by atoms with van der Waals surface area (Å²) in [7, 11) is 0. The molecular formula is C21H22FN3O3. The number of halogens is 1. The lowest BCUT2D eigenvalue weighted by Gasteiger charge is -2.36. The van der Waals surface area contributed by atoms with Gasteiger partial charge in [-0.05, 0) is 43.3 Å². The van der Waals surface area contributed by atoms with Crippen molar-refractivity contribution in [1.29, 1.82) is 0 Å². The second-order valence-corrected chi connectivity index (χ2v) is 6.71. The Bertz CT molecular complexity index is 875.